The van der Waals surface area contributed by atoms with Gasteiger partial charge in [0.1, 0.15) is 0 Å². The Bertz CT molecular complexity index is 339. The molecule has 112 valence electrons. The van der Waals surface area contributed by atoms with E-state index >= 15 is 0 Å². The first-order valence-electron chi connectivity index (χ1n) is 7.93. The Kier molecular flexibility index (Phi) is 3.39. The predicted molar refractivity (Wildman–Crippen MR) is 83.5 cm³/mol. The maximum absolute atomic E-state index is 2.77. The minimum Gasteiger partial charge on any atom is -0.295 e. The lowest BCUT2D eigenvalue weighted by atomic mass is 9.74. The molecule has 0 amide bonds. The fraction of sp³-hybridized carbons (Fsp3) is 1.00. The summed E-state index contributed by atoms with van der Waals surface area (Å²) >= 11 is 0. The highest BCUT2D eigenvalue weighted by molar-refractivity contribution is 5.13. The summed E-state index contributed by atoms with van der Waals surface area (Å²) in [5.74, 6) is 0. The summed E-state index contributed by atoms with van der Waals surface area (Å²) in [4.78, 5) is 5.53. The van der Waals surface area contributed by atoms with Gasteiger partial charge in [-0.25, -0.2) is 0 Å². The van der Waals surface area contributed by atoms with Crippen molar-refractivity contribution in [1.29, 1.82) is 0 Å². The molecule has 1 saturated carbocycles. The molecule has 0 N–H and O–H groups in total. The van der Waals surface area contributed by atoms with Crippen LogP contribution in [0.5, 0.6) is 0 Å². The van der Waals surface area contributed by atoms with Gasteiger partial charge in [0.25, 0.3) is 0 Å². The van der Waals surface area contributed by atoms with Crippen LogP contribution in [0.1, 0.15) is 68.2 Å². The molecular formula is C17H34N2. The van der Waals surface area contributed by atoms with E-state index in [4.69, 9.17) is 0 Å². The summed E-state index contributed by atoms with van der Waals surface area (Å²) in [5, 5.41) is 0. The van der Waals surface area contributed by atoms with E-state index in [1.165, 1.54) is 32.5 Å². The number of piperazine rings is 1. The van der Waals surface area contributed by atoms with Gasteiger partial charge in [-0.15, -0.1) is 0 Å². The van der Waals surface area contributed by atoms with Crippen LogP contribution in [0.25, 0.3) is 0 Å². The molecule has 0 atom stereocenters. The Balaban J connectivity index is 2.16. The number of nitrogens with zero attached hydrogens (tertiary/aromatic N) is 2. The van der Waals surface area contributed by atoms with Crippen molar-refractivity contribution in [2.75, 3.05) is 19.6 Å². The van der Waals surface area contributed by atoms with Gasteiger partial charge in [0.05, 0.1) is 0 Å². The van der Waals surface area contributed by atoms with Crippen molar-refractivity contribution in [2.45, 2.75) is 84.8 Å². The molecule has 1 saturated heterocycles. The van der Waals surface area contributed by atoms with Crippen LogP contribution < -0.4 is 0 Å². The number of hydrogen-bond acceptors (Lipinski definition) is 2. The van der Waals surface area contributed by atoms with E-state index in [0.717, 1.165) is 0 Å². The topological polar surface area (TPSA) is 6.48 Å². The van der Waals surface area contributed by atoms with Gasteiger partial charge in [0, 0.05) is 36.3 Å². The average molecular weight is 266 g/mol. The summed E-state index contributed by atoms with van der Waals surface area (Å²) < 4.78 is 0. The first kappa shape index (κ1) is 15.3. The molecular weight excluding hydrogens is 232 g/mol. The van der Waals surface area contributed by atoms with Gasteiger partial charge in [-0.3, -0.25) is 9.80 Å². The first-order valence-corrected chi connectivity index (χ1v) is 7.93. The molecule has 2 fully saturated rings. The van der Waals surface area contributed by atoms with E-state index < -0.39 is 0 Å². The largest absolute Gasteiger partial charge is 0.295 e. The Morgan fingerprint density at radius 2 is 1.32 bits per heavy atom. The third-order valence-electron chi connectivity index (χ3n) is 5.91. The molecule has 0 aromatic carbocycles. The zero-order valence-electron chi connectivity index (χ0n) is 14.4. The Labute approximate surface area is 120 Å². The lowest BCUT2D eigenvalue weighted by Gasteiger charge is -2.56. The molecule has 19 heavy (non-hydrogen) atoms. The summed E-state index contributed by atoms with van der Waals surface area (Å²) in [6.07, 6.45) is 2.78. The third kappa shape index (κ3) is 2.58. The van der Waals surface area contributed by atoms with Gasteiger partial charge >= 0.3 is 0 Å². The van der Waals surface area contributed by atoms with E-state index in [9.17, 15) is 0 Å². The first-order chi connectivity index (χ1) is 8.40. The van der Waals surface area contributed by atoms with Crippen molar-refractivity contribution < 1.29 is 0 Å². The highest BCUT2D eigenvalue weighted by atomic mass is 15.4. The van der Waals surface area contributed by atoms with Gasteiger partial charge < -0.3 is 0 Å². The van der Waals surface area contributed by atoms with Crippen LogP contribution in [0.4, 0.5) is 0 Å². The quantitative estimate of drug-likeness (QED) is 0.713. The Morgan fingerprint density at radius 3 is 1.68 bits per heavy atom. The minimum absolute atomic E-state index is 0.270. The molecule has 1 spiro atoms. The predicted octanol–water partition coefficient (Wildman–Crippen LogP) is 3.76. The lowest BCUT2D eigenvalue weighted by molar-refractivity contribution is -0.0692. The molecule has 0 radical (unpaired) electrons. The molecule has 1 aliphatic carbocycles. The molecule has 2 aliphatic rings. The number of hydrogen-bond donors (Lipinski definition) is 0. The normalized spacial score (nSPS) is 25.9. The van der Waals surface area contributed by atoms with Gasteiger partial charge in [-0.1, -0.05) is 20.8 Å². The highest BCUT2D eigenvalue weighted by Crippen LogP contribution is 2.49. The lowest BCUT2D eigenvalue weighted by Crippen LogP contribution is -2.66. The van der Waals surface area contributed by atoms with E-state index in [0.29, 0.717) is 16.5 Å². The molecule has 1 heterocycles. The van der Waals surface area contributed by atoms with Crippen LogP contribution in [-0.2, 0) is 0 Å². The molecule has 2 nitrogen and oxygen atoms in total. The molecule has 2 heteroatoms. The zero-order valence-corrected chi connectivity index (χ0v) is 14.4. The van der Waals surface area contributed by atoms with Crippen molar-refractivity contribution in [3.8, 4) is 0 Å². The Hall–Kier alpha value is -0.0800. The van der Waals surface area contributed by atoms with Gasteiger partial charge in [0.2, 0.25) is 0 Å². The molecule has 1 aliphatic heterocycles. The van der Waals surface area contributed by atoms with E-state index in [1.807, 2.05) is 0 Å². The minimum atomic E-state index is 0.270. The summed E-state index contributed by atoms with van der Waals surface area (Å²) in [6, 6.07) is 0. The number of rotatable bonds is 1. The summed E-state index contributed by atoms with van der Waals surface area (Å²) in [6.45, 7) is 22.8. The maximum Gasteiger partial charge on any atom is 0.0343 e. The van der Waals surface area contributed by atoms with Gasteiger partial charge in [-0.2, -0.15) is 0 Å². The SMILES string of the molecule is CC(C)(C)N1CCN(C(C)(C)C(C)(C)C)CC12CC2. The average Bonchev–Trinajstić information content (AvgIpc) is 2.94. The van der Waals surface area contributed by atoms with Crippen LogP contribution in [0.3, 0.4) is 0 Å². The third-order valence-corrected chi connectivity index (χ3v) is 5.91. The summed E-state index contributed by atoms with van der Waals surface area (Å²) in [5.41, 5.74) is 1.40. The van der Waals surface area contributed by atoms with Crippen LogP contribution in [0.15, 0.2) is 0 Å². The van der Waals surface area contributed by atoms with E-state index in [1.54, 1.807) is 0 Å². The monoisotopic (exact) mass is 266 g/mol. The van der Waals surface area contributed by atoms with E-state index in [-0.39, 0.29) is 5.54 Å². The Morgan fingerprint density at radius 1 is 0.789 bits per heavy atom. The second-order valence-corrected chi connectivity index (χ2v) is 9.28. The standard InChI is InChI=1S/C17H34N2/c1-14(2,3)16(7,8)18-11-12-19(15(4,5)6)17(13-18)9-10-17/h9-13H2,1-8H3. The van der Waals surface area contributed by atoms with Crippen LogP contribution >= 0.6 is 0 Å². The van der Waals surface area contributed by atoms with Crippen molar-refractivity contribution in [2.24, 2.45) is 5.41 Å². The van der Waals surface area contributed by atoms with Crippen LogP contribution in [-0.4, -0.2) is 46.1 Å². The smallest absolute Gasteiger partial charge is 0.0343 e. The second kappa shape index (κ2) is 4.21. The molecule has 0 aromatic rings. The molecule has 0 bridgehead atoms. The second-order valence-electron chi connectivity index (χ2n) is 9.28. The molecule has 0 aromatic heterocycles. The van der Waals surface area contributed by atoms with Crippen LogP contribution in [0.2, 0.25) is 0 Å². The maximum atomic E-state index is 2.77. The zero-order chi connectivity index (χ0) is 14.7. The van der Waals surface area contributed by atoms with Crippen molar-refractivity contribution in [3.05, 3.63) is 0 Å². The summed E-state index contributed by atoms with van der Waals surface area (Å²) in [7, 11) is 0. The van der Waals surface area contributed by atoms with Gasteiger partial charge in [0.15, 0.2) is 0 Å². The van der Waals surface area contributed by atoms with Gasteiger partial charge in [-0.05, 0) is 52.9 Å². The van der Waals surface area contributed by atoms with Crippen molar-refractivity contribution in [3.63, 3.8) is 0 Å². The fourth-order valence-electron chi connectivity index (χ4n) is 3.55. The fourth-order valence-corrected chi connectivity index (χ4v) is 3.55. The molecule has 2 rings (SSSR count). The van der Waals surface area contributed by atoms with Crippen molar-refractivity contribution in [1.82, 2.24) is 9.80 Å². The van der Waals surface area contributed by atoms with Crippen molar-refractivity contribution >= 4 is 0 Å². The molecule has 0 unspecified atom stereocenters. The highest BCUT2D eigenvalue weighted by Gasteiger charge is 2.56. The van der Waals surface area contributed by atoms with E-state index in [2.05, 4.69) is 65.2 Å². The van der Waals surface area contributed by atoms with Crippen LogP contribution in [0, 0.1) is 5.41 Å².